The van der Waals surface area contributed by atoms with E-state index in [0.29, 0.717) is 5.56 Å². The van der Waals surface area contributed by atoms with E-state index in [1.165, 1.54) is 5.01 Å². The number of nitrogens with zero attached hydrogens (tertiary/aromatic N) is 1. The van der Waals surface area contributed by atoms with E-state index in [4.69, 9.17) is 4.74 Å². The maximum atomic E-state index is 12.8. The molecule has 6 nitrogen and oxygen atoms in total. The summed E-state index contributed by atoms with van der Waals surface area (Å²) in [5.41, 5.74) is 4.60. The molecule has 0 spiro atoms. The van der Waals surface area contributed by atoms with E-state index in [9.17, 15) is 9.59 Å². The molecule has 0 aliphatic carbocycles. The summed E-state index contributed by atoms with van der Waals surface area (Å²) in [5, 5.41) is 4.54. The van der Waals surface area contributed by atoms with E-state index in [1.54, 1.807) is 19.1 Å². The molecule has 0 radical (unpaired) electrons. The van der Waals surface area contributed by atoms with Gasteiger partial charge in [-0.3, -0.25) is 4.79 Å². The van der Waals surface area contributed by atoms with Gasteiger partial charge >= 0.3 is 6.09 Å². The largest absolute Gasteiger partial charge is 0.449 e. The molecule has 1 aliphatic heterocycles. The number of hydrogen-bond donors (Lipinski definition) is 2. The van der Waals surface area contributed by atoms with Gasteiger partial charge < -0.3 is 10.1 Å². The van der Waals surface area contributed by atoms with Crippen LogP contribution in [0.15, 0.2) is 54.6 Å². The number of para-hydroxylation sites is 1. The Labute approximate surface area is 134 Å². The quantitative estimate of drug-likeness (QED) is 0.914. The maximum Gasteiger partial charge on any atom is 0.426 e. The third-order valence-electron chi connectivity index (χ3n) is 3.53. The predicted octanol–water partition coefficient (Wildman–Crippen LogP) is 2.91. The zero-order valence-corrected chi connectivity index (χ0v) is 12.7. The number of hydrazine groups is 1. The summed E-state index contributed by atoms with van der Waals surface area (Å²) >= 11 is 0. The highest BCUT2D eigenvalue weighted by Gasteiger charge is 2.34. The van der Waals surface area contributed by atoms with Crippen molar-refractivity contribution in [2.45, 2.75) is 13.1 Å². The summed E-state index contributed by atoms with van der Waals surface area (Å²) in [7, 11) is 0. The number of hydrogen-bond acceptors (Lipinski definition) is 4. The predicted molar refractivity (Wildman–Crippen MR) is 85.6 cm³/mol. The van der Waals surface area contributed by atoms with Gasteiger partial charge in [0.1, 0.15) is 6.17 Å². The van der Waals surface area contributed by atoms with Crippen molar-refractivity contribution in [3.05, 3.63) is 65.7 Å². The SMILES string of the molecule is CCOC(=O)NN1C(=O)c2ccccc2NC1c1ccccc1. The third kappa shape index (κ3) is 2.96. The molecule has 1 heterocycles. The first-order chi connectivity index (χ1) is 11.2. The highest BCUT2D eigenvalue weighted by Crippen LogP contribution is 2.31. The number of rotatable bonds is 3. The summed E-state index contributed by atoms with van der Waals surface area (Å²) in [6.45, 7) is 1.94. The van der Waals surface area contributed by atoms with Crippen LogP contribution in [-0.2, 0) is 4.74 Å². The Hall–Kier alpha value is -3.02. The van der Waals surface area contributed by atoms with E-state index >= 15 is 0 Å². The number of benzene rings is 2. The number of anilines is 1. The Morgan fingerprint density at radius 2 is 1.87 bits per heavy atom. The molecular formula is C17H17N3O3. The number of amides is 2. The first-order valence-corrected chi connectivity index (χ1v) is 7.38. The van der Waals surface area contributed by atoms with Crippen molar-refractivity contribution in [1.29, 1.82) is 0 Å². The zero-order valence-electron chi connectivity index (χ0n) is 12.7. The lowest BCUT2D eigenvalue weighted by Crippen LogP contribution is -2.53. The van der Waals surface area contributed by atoms with Crippen molar-refractivity contribution in [3.8, 4) is 0 Å². The topological polar surface area (TPSA) is 70.7 Å². The second-order valence-corrected chi connectivity index (χ2v) is 5.01. The summed E-state index contributed by atoms with van der Waals surface area (Å²) in [4.78, 5) is 24.5. The minimum Gasteiger partial charge on any atom is -0.449 e. The van der Waals surface area contributed by atoms with Crippen LogP contribution < -0.4 is 10.7 Å². The first-order valence-electron chi connectivity index (χ1n) is 7.38. The van der Waals surface area contributed by atoms with Crippen LogP contribution in [0.5, 0.6) is 0 Å². The lowest BCUT2D eigenvalue weighted by molar-refractivity contribution is 0.0506. The van der Waals surface area contributed by atoms with Gasteiger partial charge in [-0.25, -0.2) is 15.2 Å². The zero-order chi connectivity index (χ0) is 16.2. The van der Waals surface area contributed by atoms with Crippen LogP contribution >= 0.6 is 0 Å². The van der Waals surface area contributed by atoms with Crippen LogP contribution in [0.1, 0.15) is 29.0 Å². The number of ether oxygens (including phenoxy) is 1. The van der Waals surface area contributed by atoms with Gasteiger partial charge in [0.05, 0.1) is 12.2 Å². The molecule has 6 heteroatoms. The van der Waals surface area contributed by atoms with Crippen LogP contribution in [0, 0.1) is 0 Å². The molecule has 2 aromatic carbocycles. The van der Waals surface area contributed by atoms with Crippen LogP contribution in [0.3, 0.4) is 0 Å². The van der Waals surface area contributed by atoms with Gasteiger partial charge in [-0.05, 0) is 24.6 Å². The second-order valence-electron chi connectivity index (χ2n) is 5.01. The van der Waals surface area contributed by atoms with Crippen LogP contribution in [0.4, 0.5) is 10.5 Å². The fourth-order valence-corrected chi connectivity index (χ4v) is 2.50. The van der Waals surface area contributed by atoms with Crippen molar-refractivity contribution in [1.82, 2.24) is 10.4 Å². The number of fused-ring (bicyclic) bond motifs is 1. The van der Waals surface area contributed by atoms with Crippen molar-refractivity contribution in [2.75, 3.05) is 11.9 Å². The summed E-state index contributed by atoms with van der Waals surface area (Å²) in [6.07, 6.45) is -1.18. The molecule has 1 atom stereocenters. The molecule has 0 saturated carbocycles. The molecule has 3 rings (SSSR count). The lowest BCUT2D eigenvalue weighted by Gasteiger charge is -2.37. The smallest absolute Gasteiger partial charge is 0.426 e. The Bertz CT molecular complexity index is 718. The van der Waals surface area contributed by atoms with E-state index in [1.807, 2.05) is 42.5 Å². The van der Waals surface area contributed by atoms with Gasteiger partial charge in [0.15, 0.2) is 0 Å². The highest BCUT2D eigenvalue weighted by molar-refractivity contribution is 6.02. The molecule has 0 aromatic heterocycles. The number of nitrogens with one attached hydrogen (secondary N) is 2. The average Bonchev–Trinajstić information content (AvgIpc) is 2.58. The minimum absolute atomic E-state index is 0.230. The Kier molecular flexibility index (Phi) is 4.14. The number of carbonyl (C=O) groups is 2. The van der Waals surface area contributed by atoms with E-state index in [0.717, 1.165) is 11.3 Å². The van der Waals surface area contributed by atoms with Crippen LogP contribution in [-0.4, -0.2) is 23.6 Å². The standard InChI is InChI=1S/C17H17N3O3/c1-2-23-17(22)19-20-15(12-8-4-3-5-9-12)18-14-11-7-6-10-13(14)16(20)21/h3-11,15,18H,2H2,1H3,(H,19,22). The second kappa shape index (κ2) is 6.39. The van der Waals surface area contributed by atoms with Gasteiger partial charge in [-0.15, -0.1) is 0 Å². The van der Waals surface area contributed by atoms with Crippen molar-refractivity contribution < 1.29 is 14.3 Å². The molecule has 23 heavy (non-hydrogen) atoms. The van der Waals surface area contributed by atoms with Crippen molar-refractivity contribution in [2.24, 2.45) is 0 Å². The molecule has 1 unspecified atom stereocenters. The Morgan fingerprint density at radius 1 is 1.17 bits per heavy atom. The number of carbonyl (C=O) groups excluding carboxylic acids is 2. The van der Waals surface area contributed by atoms with Crippen molar-refractivity contribution in [3.63, 3.8) is 0 Å². The molecule has 2 aromatic rings. The first kappa shape index (κ1) is 14.9. The van der Waals surface area contributed by atoms with Crippen LogP contribution in [0.25, 0.3) is 0 Å². The third-order valence-corrected chi connectivity index (χ3v) is 3.53. The van der Waals surface area contributed by atoms with Gasteiger partial charge in [-0.2, -0.15) is 0 Å². The summed E-state index contributed by atoms with van der Waals surface area (Å²) in [5.74, 6) is -0.291. The molecule has 118 valence electrons. The van der Waals surface area contributed by atoms with Gasteiger partial charge in [0.2, 0.25) is 0 Å². The Balaban J connectivity index is 1.97. The van der Waals surface area contributed by atoms with Crippen molar-refractivity contribution >= 4 is 17.7 Å². The van der Waals surface area contributed by atoms with Crippen LogP contribution in [0.2, 0.25) is 0 Å². The monoisotopic (exact) mass is 311 g/mol. The van der Waals surface area contributed by atoms with Gasteiger partial charge in [0.25, 0.3) is 5.91 Å². The fourth-order valence-electron chi connectivity index (χ4n) is 2.50. The highest BCUT2D eigenvalue weighted by atomic mass is 16.6. The minimum atomic E-state index is -0.664. The summed E-state index contributed by atoms with van der Waals surface area (Å²) in [6, 6.07) is 16.6. The molecule has 0 bridgehead atoms. The lowest BCUT2D eigenvalue weighted by atomic mass is 10.1. The molecular weight excluding hydrogens is 294 g/mol. The average molecular weight is 311 g/mol. The molecule has 2 N–H and O–H groups in total. The maximum absolute atomic E-state index is 12.8. The van der Waals surface area contributed by atoms with Gasteiger partial charge in [0, 0.05) is 5.69 Å². The van der Waals surface area contributed by atoms with E-state index in [2.05, 4.69) is 10.7 Å². The van der Waals surface area contributed by atoms with E-state index < -0.39 is 12.3 Å². The molecule has 2 amide bonds. The van der Waals surface area contributed by atoms with Gasteiger partial charge in [-0.1, -0.05) is 42.5 Å². The molecule has 1 aliphatic rings. The normalized spacial score (nSPS) is 16.3. The summed E-state index contributed by atoms with van der Waals surface area (Å²) < 4.78 is 4.89. The van der Waals surface area contributed by atoms with E-state index in [-0.39, 0.29) is 12.5 Å². The molecule has 0 fully saturated rings. The fraction of sp³-hybridized carbons (Fsp3) is 0.176. The Morgan fingerprint density at radius 3 is 2.61 bits per heavy atom. The molecule has 0 saturated heterocycles.